The topological polar surface area (TPSA) is 67.6 Å². The van der Waals surface area contributed by atoms with E-state index in [1.807, 2.05) is 13.0 Å². The van der Waals surface area contributed by atoms with E-state index in [1.54, 1.807) is 0 Å². The molecule has 2 bridgehead atoms. The fourth-order valence-electron chi connectivity index (χ4n) is 5.49. The second-order valence-electron chi connectivity index (χ2n) is 10.3. The molecule has 3 fully saturated rings. The molecule has 2 aliphatic carbocycles. The molecule has 0 spiro atoms. The van der Waals surface area contributed by atoms with E-state index in [4.69, 9.17) is 4.74 Å². The summed E-state index contributed by atoms with van der Waals surface area (Å²) in [6.07, 6.45) is -7.40. The smallest absolute Gasteiger partial charge is 0.433 e. The molecule has 7 nitrogen and oxygen atoms in total. The van der Waals surface area contributed by atoms with Gasteiger partial charge in [-0.3, -0.25) is 0 Å². The van der Waals surface area contributed by atoms with Crippen molar-refractivity contribution < 1.29 is 31.1 Å². The Kier molecular flexibility index (Phi) is 5.55. The van der Waals surface area contributed by atoms with Gasteiger partial charge in [0.25, 0.3) is 0 Å². The Balaban J connectivity index is 1.25. The minimum atomic E-state index is -4.73. The van der Waals surface area contributed by atoms with Crippen molar-refractivity contribution in [1.29, 1.82) is 0 Å². The number of nitrogens with one attached hydrogen (secondary N) is 1. The van der Waals surface area contributed by atoms with Gasteiger partial charge >= 0.3 is 12.4 Å². The first kappa shape index (κ1) is 24.6. The van der Waals surface area contributed by atoms with Crippen LogP contribution in [0.15, 0.2) is 18.2 Å². The molecule has 3 aromatic heterocycles. The lowest BCUT2D eigenvalue weighted by Crippen LogP contribution is -2.48. The number of hydrogen-bond acceptors (Lipinski definition) is 7. The highest BCUT2D eigenvalue weighted by Gasteiger charge is 2.64. The van der Waals surface area contributed by atoms with Gasteiger partial charge in [0.2, 0.25) is 5.95 Å². The molecule has 3 aromatic rings. The molecule has 2 unspecified atom stereocenters. The van der Waals surface area contributed by atoms with Crippen LogP contribution < -0.4 is 15.0 Å². The normalized spacial score (nSPS) is 25.1. The van der Waals surface area contributed by atoms with Gasteiger partial charge in [-0.1, -0.05) is 0 Å². The Labute approximate surface area is 212 Å². The van der Waals surface area contributed by atoms with Crippen LogP contribution in [0.3, 0.4) is 0 Å². The molecular weight excluding hydrogens is 522 g/mol. The first-order valence-corrected chi connectivity index (χ1v) is 12.8. The largest absolute Gasteiger partial charge is 0.489 e. The summed E-state index contributed by atoms with van der Waals surface area (Å²) in [6.45, 7) is 2.83. The van der Waals surface area contributed by atoms with Crippen LogP contribution in [0.5, 0.6) is 5.75 Å². The number of halogens is 6. The number of anilines is 2. The van der Waals surface area contributed by atoms with Crippen molar-refractivity contribution in [3.63, 3.8) is 0 Å². The molecule has 3 aliphatic rings. The maximum absolute atomic E-state index is 13.7. The predicted molar refractivity (Wildman–Crippen MR) is 124 cm³/mol. The van der Waals surface area contributed by atoms with Crippen LogP contribution in [0.2, 0.25) is 0 Å². The second-order valence-corrected chi connectivity index (χ2v) is 11.1. The number of hydrogen-bond donors (Lipinski definition) is 1. The molecule has 0 radical (unpaired) electrons. The SMILES string of the molecule is Cc1cc(N2CC3CC[C@@H](C2)C3Nc2nc3c(OCC4(C(F)(F)F)CC4)ccc(C(F)(F)F)n3n2)sn1. The van der Waals surface area contributed by atoms with Gasteiger partial charge in [-0.2, -0.15) is 35.7 Å². The number of aryl methyl sites for hydroxylation is 1. The number of ether oxygens (including phenoxy) is 1. The number of alkyl halides is 6. The summed E-state index contributed by atoms with van der Waals surface area (Å²) in [7, 11) is 0. The molecule has 37 heavy (non-hydrogen) atoms. The third-order valence-corrected chi connectivity index (χ3v) is 8.70. The summed E-state index contributed by atoms with van der Waals surface area (Å²) in [5.41, 5.74) is -2.34. The second kappa shape index (κ2) is 8.37. The Morgan fingerprint density at radius 3 is 2.38 bits per heavy atom. The lowest BCUT2D eigenvalue weighted by atomic mass is 9.92. The summed E-state index contributed by atoms with van der Waals surface area (Å²) >= 11 is 1.45. The van der Waals surface area contributed by atoms with E-state index in [1.165, 1.54) is 11.5 Å². The zero-order valence-electron chi connectivity index (χ0n) is 19.7. The molecule has 1 N–H and O–H groups in total. The van der Waals surface area contributed by atoms with Gasteiger partial charge in [0.1, 0.15) is 22.7 Å². The lowest BCUT2D eigenvalue weighted by molar-refractivity contribution is -0.194. The van der Waals surface area contributed by atoms with Crippen molar-refractivity contribution >= 4 is 28.1 Å². The van der Waals surface area contributed by atoms with Crippen molar-refractivity contribution in [1.82, 2.24) is 19.0 Å². The molecule has 200 valence electrons. The van der Waals surface area contributed by atoms with Gasteiger partial charge in [0.05, 0.1) is 5.69 Å². The first-order valence-electron chi connectivity index (χ1n) is 12.0. The highest BCUT2D eigenvalue weighted by Crippen LogP contribution is 2.57. The van der Waals surface area contributed by atoms with E-state index in [9.17, 15) is 26.3 Å². The minimum absolute atomic E-state index is 0.00231. The summed E-state index contributed by atoms with van der Waals surface area (Å²) < 4.78 is 91.5. The molecule has 2 saturated carbocycles. The highest BCUT2D eigenvalue weighted by molar-refractivity contribution is 7.10. The van der Waals surface area contributed by atoms with Crippen LogP contribution in [0.4, 0.5) is 37.3 Å². The fraction of sp³-hybridized carbons (Fsp3) is 0.609. The quantitative estimate of drug-likeness (QED) is 0.409. The number of pyridine rings is 1. The van der Waals surface area contributed by atoms with Crippen LogP contribution in [-0.2, 0) is 6.18 Å². The molecule has 0 aromatic carbocycles. The molecule has 1 saturated heterocycles. The van der Waals surface area contributed by atoms with Crippen LogP contribution in [-0.4, -0.2) is 50.9 Å². The number of fused-ring (bicyclic) bond motifs is 3. The van der Waals surface area contributed by atoms with Crippen molar-refractivity contribution in [2.24, 2.45) is 17.3 Å². The predicted octanol–water partition coefficient (Wildman–Crippen LogP) is 5.56. The Hall–Kier alpha value is -2.77. The van der Waals surface area contributed by atoms with Crippen LogP contribution in [0.25, 0.3) is 5.65 Å². The monoisotopic (exact) mass is 546 g/mol. The summed E-state index contributed by atoms with van der Waals surface area (Å²) in [6, 6.07) is 3.79. The van der Waals surface area contributed by atoms with E-state index >= 15 is 0 Å². The Bertz CT molecular complexity index is 1300. The van der Waals surface area contributed by atoms with Crippen molar-refractivity contribution in [3.8, 4) is 5.75 Å². The number of piperidine rings is 1. The molecule has 1 aliphatic heterocycles. The van der Waals surface area contributed by atoms with E-state index in [2.05, 4.69) is 24.7 Å². The molecule has 4 heterocycles. The maximum Gasteiger partial charge on any atom is 0.433 e. The van der Waals surface area contributed by atoms with Crippen LogP contribution >= 0.6 is 11.5 Å². The fourth-order valence-corrected chi connectivity index (χ4v) is 6.27. The Morgan fingerprint density at radius 2 is 1.81 bits per heavy atom. The number of rotatable bonds is 6. The number of aromatic nitrogens is 4. The zero-order valence-corrected chi connectivity index (χ0v) is 20.6. The summed E-state index contributed by atoms with van der Waals surface area (Å²) in [4.78, 5) is 6.55. The van der Waals surface area contributed by atoms with Crippen LogP contribution in [0.1, 0.15) is 37.1 Å². The van der Waals surface area contributed by atoms with E-state index < -0.39 is 30.1 Å². The van der Waals surface area contributed by atoms with Gasteiger partial charge < -0.3 is 15.0 Å². The summed E-state index contributed by atoms with van der Waals surface area (Å²) in [5, 5.41) is 8.41. The van der Waals surface area contributed by atoms with Gasteiger partial charge in [-0.05, 0) is 74.2 Å². The van der Waals surface area contributed by atoms with Crippen molar-refractivity contribution in [2.75, 3.05) is 29.9 Å². The molecular formula is C23H24F6N6OS. The number of nitrogens with zero attached hydrogens (tertiary/aromatic N) is 5. The third kappa shape index (κ3) is 4.36. The van der Waals surface area contributed by atoms with Gasteiger partial charge in [-0.25, -0.2) is 4.52 Å². The van der Waals surface area contributed by atoms with Gasteiger partial charge in [0.15, 0.2) is 11.4 Å². The standard InChI is InChI=1S/C23H24F6N6OS/c1-12-8-17(37-33-12)34-9-13-2-3-14(10-34)18(13)30-20-31-19-15(36-11-21(6-7-21)23(27,28)29)4-5-16(22(24,25)26)35(19)32-20/h4-5,8,13-14,18H,2-3,6-7,9-11H2,1H3,(H,30,32)/t13-,14?,18?/m0/s1. The molecule has 3 atom stereocenters. The average Bonchev–Trinajstić information content (AvgIpc) is 3.24. The van der Waals surface area contributed by atoms with E-state index in [0.29, 0.717) is 4.52 Å². The first-order chi connectivity index (χ1) is 17.4. The van der Waals surface area contributed by atoms with E-state index in [0.717, 1.165) is 48.8 Å². The molecule has 14 heteroatoms. The van der Waals surface area contributed by atoms with Gasteiger partial charge in [-0.15, -0.1) is 5.10 Å². The van der Waals surface area contributed by atoms with Crippen LogP contribution in [0, 0.1) is 24.2 Å². The van der Waals surface area contributed by atoms with Crippen molar-refractivity contribution in [2.45, 2.75) is 51.0 Å². The van der Waals surface area contributed by atoms with E-state index in [-0.39, 0.29) is 48.1 Å². The Morgan fingerprint density at radius 1 is 1.11 bits per heavy atom. The summed E-state index contributed by atoms with van der Waals surface area (Å²) in [5.74, 6) is 0.323. The maximum atomic E-state index is 13.7. The molecule has 0 amide bonds. The van der Waals surface area contributed by atoms with Crippen molar-refractivity contribution in [3.05, 3.63) is 29.6 Å². The molecule has 6 rings (SSSR count). The van der Waals surface area contributed by atoms with Gasteiger partial charge in [0, 0.05) is 19.1 Å². The third-order valence-electron chi connectivity index (χ3n) is 7.75. The minimum Gasteiger partial charge on any atom is -0.489 e. The highest BCUT2D eigenvalue weighted by atomic mass is 32.1. The lowest BCUT2D eigenvalue weighted by Gasteiger charge is -2.38. The zero-order chi connectivity index (χ0) is 26.2. The average molecular weight is 547 g/mol.